The smallest absolute Gasteiger partial charge is 0.251 e. The van der Waals surface area contributed by atoms with Crippen molar-refractivity contribution in [1.82, 2.24) is 5.32 Å². The summed E-state index contributed by atoms with van der Waals surface area (Å²) in [5.74, 6) is -0.256. The van der Waals surface area contributed by atoms with Gasteiger partial charge in [0.05, 0.1) is 25.5 Å². The van der Waals surface area contributed by atoms with E-state index in [4.69, 9.17) is 0 Å². The molecule has 0 radical (unpaired) electrons. The minimum atomic E-state index is -3.90. The van der Waals surface area contributed by atoms with Gasteiger partial charge in [-0.15, -0.1) is 5.69 Å². The first-order chi connectivity index (χ1) is 14.2. The van der Waals surface area contributed by atoms with Crippen molar-refractivity contribution < 1.29 is 18.1 Å². The maximum Gasteiger partial charge on any atom is 0.251 e. The van der Waals surface area contributed by atoms with Gasteiger partial charge in [-0.25, -0.2) is 8.42 Å². The second-order valence-electron chi connectivity index (χ2n) is 8.45. The lowest BCUT2D eigenvalue weighted by Gasteiger charge is -2.39. The molecule has 0 saturated heterocycles. The normalized spacial score (nSPS) is 16.3. The first-order valence-corrected chi connectivity index (χ1v) is 11.9. The SMILES string of the molecule is Cc1ccc([N-]S(=O)(=O)c2cccc(C(=O)NCC3([NH+](C)C)CCCCC3)c2)cc1. The van der Waals surface area contributed by atoms with Crippen LogP contribution in [-0.2, 0) is 10.0 Å². The Bertz CT molecular complexity index is 979. The van der Waals surface area contributed by atoms with Crippen LogP contribution in [0.3, 0.4) is 0 Å². The summed E-state index contributed by atoms with van der Waals surface area (Å²) in [7, 11) is 0.370. The van der Waals surface area contributed by atoms with Gasteiger partial charge in [-0.1, -0.05) is 42.3 Å². The zero-order valence-corrected chi connectivity index (χ0v) is 18.8. The van der Waals surface area contributed by atoms with Crippen LogP contribution in [0.25, 0.3) is 4.72 Å². The van der Waals surface area contributed by atoms with E-state index in [1.54, 1.807) is 24.3 Å². The number of carbonyl (C=O) groups is 1. The summed E-state index contributed by atoms with van der Waals surface area (Å²) in [4.78, 5) is 14.1. The summed E-state index contributed by atoms with van der Waals surface area (Å²) < 4.78 is 29.3. The van der Waals surface area contributed by atoms with Crippen molar-refractivity contribution in [1.29, 1.82) is 0 Å². The molecule has 0 aromatic heterocycles. The largest absolute Gasteiger partial charge is 0.573 e. The average molecular weight is 430 g/mol. The van der Waals surface area contributed by atoms with Gasteiger partial charge in [-0.05, 0) is 38.0 Å². The van der Waals surface area contributed by atoms with Gasteiger partial charge in [-0.2, -0.15) is 0 Å². The molecule has 2 N–H and O–H groups in total. The predicted octanol–water partition coefficient (Wildman–Crippen LogP) is 2.97. The summed E-state index contributed by atoms with van der Waals surface area (Å²) in [5.41, 5.74) is 1.76. The van der Waals surface area contributed by atoms with Crippen molar-refractivity contribution >= 4 is 21.6 Å². The average Bonchev–Trinajstić information content (AvgIpc) is 2.74. The summed E-state index contributed by atoms with van der Waals surface area (Å²) in [6.45, 7) is 2.51. The Labute approximate surface area is 179 Å². The van der Waals surface area contributed by atoms with Crippen molar-refractivity contribution in [2.75, 3.05) is 20.6 Å². The first kappa shape index (κ1) is 22.3. The highest BCUT2D eigenvalue weighted by Gasteiger charge is 2.38. The number of benzene rings is 2. The molecule has 3 rings (SSSR count). The van der Waals surface area contributed by atoms with E-state index in [-0.39, 0.29) is 16.3 Å². The molecule has 1 saturated carbocycles. The number of quaternary nitrogens is 1. The van der Waals surface area contributed by atoms with Gasteiger partial charge in [0.1, 0.15) is 15.6 Å². The molecule has 2 aromatic carbocycles. The Morgan fingerprint density at radius 3 is 2.37 bits per heavy atom. The van der Waals surface area contributed by atoms with Gasteiger partial charge >= 0.3 is 0 Å². The van der Waals surface area contributed by atoms with Gasteiger partial charge in [0.25, 0.3) is 5.91 Å². The minimum Gasteiger partial charge on any atom is -0.573 e. The zero-order valence-electron chi connectivity index (χ0n) is 17.9. The highest BCUT2D eigenvalue weighted by molar-refractivity contribution is 7.94. The Hall–Kier alpha value is -2.38. The van der Waals surface area contributed by atoms with Gasteiger partial charge in [-0.3, -0.25) is 4.79 Å². The monoisotopic (exact) mass is 429 g/mol. The van der Waals surface area contributed by atoms with Crippen molar-refractivity contribution in [3.63, 3.8) is 0 Å². The standard InChI is InChI=1S/C23H30N3O3S/c1-18-10-12-20(13-11-18)25-30(28,29)21-9-7-8-19(16-21)22(27)24-17-23(26(2)3)14-5-4-6-15-23/h7-13,16H,4-6,14-15,17H2,1-3H3,(H,24,27)/q-1/p+1. The molecule has 0 aliphatic heterocycles. The zero-order chi connectivity index (χ0) is 21.8. The van der Waals surface area contributed by atoms with Gasteiger partial charge in [0, 0.05) is 18.4 Å². The van der Waals surface area contributed by atoms with E-state index in [1.165, 1.54) is 36.3 Å². The number of amides is 1. The molecule has 0 heterocycles. The van der Waals surface area contributed by atoms with Crippen LogP contribution in [0.1, 0.15) is 48.0 Å². The van der Waals surface area contributed by atoms with E-state index < -0.39 is 10.0 Å². The van der Waals surface area contributed by atoms with Crippen molar-refractivity contribution in [3.05, 3.63) is 64.4 Å². The summed E-state index contributed by atoms with van der Waals surface area (Å²) in [6, 6.07) is 13.0. The second-order valence-corrected chi connectivity index (χ2v) is 10.1. The van der Waals surface area contributed by atoms with E-state index in [0.29, 0.717) is 17.8 Å². The number of hydrogen-bond donors (Lipinski definition) is 2. The van der Waals surface area contributed by atoms with E-state index in [0.717, 1.165) is 18.4 Å². The number of nitrogens with one attached hydrogen (secondary N) is 2. The van der Waals surface area contributed by atoms with Crippen molar-refractivity contribution in [2.24, 2.45) is 0 Å². The third-order valence-corrected chi connectivity index (χ3v) is 7.41. The van der Waals surface area contributed by atoms with Crippen LogP contribution >= 0.6 is 0 Å². The van der Waals surface area contributed by atoms with Gasteiger partial charge < -0.3 is 14.9 Å². The molecule has 2 aromatic rings. The lowest BCUT2D eigenvalue weighted by atomic mass is 9.80. The van der Waals surface area contributed by atoms with Crippen LogP contribution in [0.4, 0.5) is 5.69 Å². The first-order valence-electron chi connectivity index (χ1n) is 10.5. The van der Waals surface area contributed by atoms with Crippen LogP contribution in [0.15, 0.2) is 53.4 Å². The lowest BCUT2D eigenvalue weighted by Crippen LogP contribution is -3.16. The molecular weight excluding hydrogens is 398 g/mol. The molecule has 6 nitrogen and oxygen atoms in total. The summed E-state index contributed by atoms with van der Waals surface area (Å²) in [5, 5.41) is 3.04. The Morgan fingerprint density at radius 1 is 1.07 bits per heavy atom. The molecule has 1 aliphatic carbocycles. The van der Waals surface area contributed by atoms with E-state index in [1.807, 2.05) is 19.1 Å². The molecule has 1 fully saturated rings. The highest BCUT2D eigenvalue weighted by atomic mass is 32.2. The summed E-state index contributed by atoms with van der Waals surface area (Å²) >= 11 is 0. The number of rotatable bonds is 7. The molecule has 1 amide bonds. The number of likely N-dealkylation sites (N-methyl/N-ethyl adjacent to an activating group) is 1. The second kappa shape index (κ2) is 9.18. The fourth-order valence-corrected chi connectivity index (χ4v) is 5.06. The van der Waals surface area contributed by atoms with Crippen LogP contribution in [0.2, 0.25) is 0 Å². The van der Waals surface area contributed by atoms with Crippen molar-refractivity contribution in [2.45, 2.75) is 49.5 Å². The number of hydrogen-bond acceptors (Lipinski definition) is 3. The van der Waals surface area contributed by atoms with E-state index >= 15 is 0 Å². The number of carbonyl (C=O) groups excluding carboxylic acids is 1. The molecule has 0 spiro atoms. The van der Waals surface area contributed by atoms with Crippen LogP contribution in [0.5, 0.6) is 0 Å². The fourth-order valence-electron chi connectivity index (χ4n) is 4.03. The predicted molar refractivity (Wildman–Crippen MR) is 119 cm³/mol. The Morgan fingerprint density at radius 2 is 1.73 bits per heavy atom. The quantitative estimate of drug-likeness (QED) is 0.710. The number of aryl methyl sites for hydroxylation is 1. The molecule has 0 bridgehead atoms. The van der Waals surface area contributed by atoms with Crippen LogP contribution < -0.4 is 10.2 Å². The highest BCUT2D eigenvalue weighted by Crippen LogP contribution is 2.28. The lowest BCUT2D eigenvalue weighted by molar-refractivity contribution is -0.916. The van der Waals surface area contributed by atoms with E-state index in [2.05, 4.69) is 24.1 Å². The molecule has 162 valence electrons. The number of nitrogens with zero attached hydrogens (tertiary/aromatic N) is 1. The molecule has 1 aliphatic rings. The van der Waals surface area contributed by atoms with Crippen LogP contribution in [-0.4, -0.2) is 40.5 Å². The molecule has 0 unspecified atom stereocenters. The summed E-state index contributed by atoms with van der Waals surface area (Å²) in [6.07, 6.45) is 5.76. The topological polar surface area (TPSA) is 81.8 Å². The third-order valence-electron chi connectivity index (χ3n) is 6.11. The molecule has 0 atom stereocenters. The third kappa shape index (κ3) is 5.21. The fraction of sp³-hybridized carbons (Fsp3) is 0.435. The molecule has 30 heavy (non-hydrogen) atoms. The maximum absolute atomic E-state index is 12.8. The number of sulfonamides is 1. The Balaban J connectivity index is 1.72. The van der Waals surface area contributed by atoms with Gasteiger partial charge in [0.2, 0.25) is 0 Å². The molecule has 7 heteroatoms. The maximum atomic E-state index is 12.8. The van der Waals surface area contributed by atoms with Crippen LogP contribution in [0, 0.1) is 6.92 Å². The minimum absolute atomic E-state index is 0.0151. The van der Waals surface area contributed by atoms with Gasteiger partial charge in [0.15, 0.2) is 0 Å². The van der Waals surface area contributed by atoms with Crippen molar-refractivity contribution in [3.8, 4) is 0 Å². The Kier molecular flexibility index (Phi) is 6.83. The van der Waals surface area contributed by atoms with E-state index in [9.17, 15) is 13.2 Å². The molecular formula is C23H31N3O3S.